The fraction of sp³-hybridized carbons (Fsp3) is 0.182. The number of nitrogens with zero attached hydrogens (tertiary/aromatic N) is 2. The zero-order valence-corrected chi connectivity index (χ0v) is 9.67. The van der Waals surface area contributed by atoms with Crippen molar-refractivity contribution >= 4 is 5.91 Å². The maximum atomic E-state index is 11.2. The summed E-state index contributed by atoms with van der Waals surface area (Å²) in [5.74, 6) is -0.106. The summed E-state index contributed by atoms with van der Waals surface area (Å²) < 4.78 is 5.09. The number of nitrogens with two attached hydrogens (primary N) is 1. The Morgan fingerprint density at radius 1 is 1.50 bits per heavy atom. The van der Waals surface area contributed by atoms with Crippen LogP contribution in [0.25, 0.3) is 11.3 Å². The molecular formula is C11H12N4O3. The molecule has 1 heterocycles. The highest BCUT2D eigenvalue weighted by Gasteiger charge is 2.16. The average Bonchev–Trinajstić information content (AvgIpc) is 2.87. The van der Waals surface area contributed by atoms with Crippen molar-refractivity contribution in [2.45, 2.75) is 6.61 Å². The Kier molecular flexibility index (Phi) is 3.24. The zero-order valence-electron chi connectivity index (χ0n) is 9.67. The number of aliphatic hydroxyl groups excluding tert-OH is 1. The van der Waals surface area contributed by atoms with Crippen LogP contribution in [0.5, 0.6) is 5.75 Å². The highest BCUT2D eigenvalue weighted by Crippen LogP contribution is 2.26. The van der Waals surface area contributed by atoms with Gasteiger partial charge in [0.25, 0.3) is 5.91 Å². The molecule has 0 bridgehead atoms. The number of rotatable bonds is 4. The summed E-state index contributed by atoms with van der Waals surface area (Å²) >= 11 is 0. The maximum Gasteiger partial charge on any atom is 0.271 e. The molecule has 0 atom stereocenters. The van der Waals surface area contributed by atoms with E-state index in [1.54, 1.807) is 18.2 Å². The van der Waals surface area contributed by atoms with Crippen molar-refractivity contribution in [3.05, 3.63) is 29.5 Å². The first kappa shape index (κ1) is 12.1. The van der Waals surface area contributed by atoms with Gasteiger partial charge in [-0.1, -0.05) is 0 Å². The Hall–Kier alpha value is -2.41. The van der Waals surface area contributed by atoms with Crippen LogP contribution >= 0.6 is 0 Å². The highest BCUT2D eigenvalue weighted by atomic mass is 16.5. The van der Waals surface area contributed by atoms with Gasteiger partial charge < -0.3 is 15.6 Å². The lowest BCUT2D eigenvalue weighted by Crippen LogP contribution is -2.12. The van der Waals surface area contributed by atoms with Crippen LogP contribution in [0.2, 0.25) is 0 Å². The summed E-state index contributed by atoms with van der Waals surface area (Å²) in [6.45, 7) is -0.180. The quantitative estimate of drug-likeness (QED) is 0.708. The van der Waals surface area contributed by atoms with Crippen molar-refractivity contribution in [2.75, 3.05) is 7.11 Å². The average molecular weight is 248 g/mol. The minimum absolute atomic E-state index is 0.0593. The fourth-order valence-electron chi connectivity index (χ4n) is 1.65. The van der Waals surface area contributed by atoms with Gasteiger partial charge in [-0.05, 0) is 18.2 Å². The summed E-state index contributed by atoms with van der Waals surface area (Å²) in [5, 5.41) is 19.1. The number of hydrogen-bond donors (Lipinski definition) is 3. The van der Waals surface area contributed by atoms with Gasteiger partial charge in [-0.2, -0.15) is 15.4 Å². The molecule has 0 saturated heterocycles. The lowest BCUT2D eigenvalue weighted by atomic mass is 10.1. The molecule has 1 amide bonds. The second-order valence-electron chi connectivity index (χ2n) is 3.57. The number of benzene rings is 1. The van der Waals surface area contributed by atoms with Crippen LogP contribution in [0.1, 0.15) is 16.1 Å². The molecule has 2 aromatic rings. The molecule has 4 N–H and O–H groups in total. The number of carbonyl (C=O) groups excluding carboxylic acids is 1. The number of aromatic nitrogens is 3. The van der Waals surface area contributed by atoms with E-state index in [1.807, 2.05) is 0 Å². The number of primary amides is 1. The second kappa shape index (κ2) is 4.84. The first-order chi connectivity index (χ1) is 8.67. The molecule has 0 saturated carbocycles. The largest absolute Gasteiger partial charge is 0.496 e. The molecule has 0 unspecified atom stereocenters. The molecule has 0 radical (unpaired) electrons. The van der Waals surface area contributed by atoms with E-state index in [-0.39, 0.29) is 12.3 Å². The molecular weight excluding hydrogens is 236 g/mol. The van der Waals surface area contributed by atoms with Gasteiger partial charge in [0.15, 0.2) is 5.69 Å². The molecule has 1 aromatic carbocycles. The minimum atomic E-state index is -0.667. The van der Waals surface area contributed by atoms with Gasteiger partial charge >= 0.3 is 0 Å². The number of aromatic amines is 1. The minimum Gasteiger partial charge on any atom is -0.496 e. The van der Waals surface area contributed by atoms with Crippen molar-refractivity contribution in [1.29, 1.82) is 0 Å². The van der Waals surface area contributed by atoms with E-state index in [0.717, 1.165) is 0 Å². The van der Waals surface area contributed by atoms with Gasteiger partial charge in [0.1, 0.15) is 11.4 Å². The number of methoxy groups -OCH3 is 1. The van der Waals surface area contributed by atoms with E-state index in [2.05, 4.69) is 15.4 Å². The Morgan fingerprint density at radius 3 is 2.89 bits per heavy atom. The number of hydrogen-bond acceptors (Lipinski definition) is 5. The van der Waals surface area contributed by atoms with Gasteiger partial charge in [0, 0.05) is 11.1 Å². The van der Waals surface area contributed by atoms with E-state index in [0.29, 0.717) is 22.6 Å². The number of aliphatic hydroxyl groups is 1. The molecule has 1 aromatic heterocycles. The number of ether oxygens (including phenoxy) is 1. The third-order valence-corrected chi connectivity index (χ3v) is 2.51. The van der Waals surface area contributed by atoms with Crippen molar-refractivity contribution < 1.29 is 14.6 Å². The zero-order chi connectivity index (χ0) is 13.1. The topological polar surface area (TPSA) is 114 Å². The van der Waals surface area contributed by atoms with Crippen LogP contribution in [-0.4, -0.2) is 33.5 Å². The smallest absolute Gasteiger partial charge is 0.271 e. The third-order valence-electron chi connectivity index (χ3n) is 2.51. The molecule has 18 heavy (non-hydrogen) atoms. The Morgan fingerprint density at radius 2 is 2.28 bits per heavy atom. The first-order valence-corrected chi connectivity index (χ1v) is 5.16. The number of nitrogens with one attached hydrogen (secondary N) is 1. The summed E-state index contributed by atoms with van der Waals surface area (Å²) in [5.41, 5.74) is 6.81. The van der Waals surface area contributed by atoms with Gasteiger partial charge in [0.2, 0.25) is 0 Å². The second-order valence-corrected chi connectivity index (χ2v) is 3.57. The van der Waals surface area contributed by atoms with Crippen LogP contribution in [0, 0.1) is 0 Å². The molecule has 2 rings (SSSR count). The first-order valence-electron chi connectivity index (χ1n) is 5.16. The van der Waals surface area contributed by atoms with Crippen LogP contribution in [-0.2, 0) is 6.61 Å². The SMILES string of the molecule is COc1ccc(-c2n[nH]nc2C(N)=O)cc1CO. The van der Waals surface area contributed by atoms with E-state index < -0.39 is 5.91 Å². The highest BCUT2D eigenvalue weighted by molar-refractivity contribution is 5.96. The number of amides is 1. The molecule has 7 nitrogen and oxygen atoms in total. The van der Waals surface area contributed by atoms with Gasteiger partial charge in [-0.3, -0.25) is 4.79 Å². The number of carbonyl (C=O) groups is 1. The summed E-state index contributed by atoms with van der Waals surface area (Å²) in [7, 11) is 1.51. The van der Waals surface area contributed by atoms with Crippen molar-refractivity contribution in [2.24, 2.45) is 5.73 Å². The van der Waals surface area contributed by atoms with Crippen LogP contribution < -0.4 is 10.5 Å². The Balaban J connectivity index is 2.51. The van der Waals surface area contributed by atoms with Crippen LogP contribution in [0.4, 0.5) is 0 Å². The molecule has 0 spiro atoms. The Bertz CT molecular complexity index is 579. The molecule has 94 valence electrons. The number of H-pyrrole nitrogens is 1. The molecule has 0 fully saturated rings. The summed E-state index contributed by atoms with van der Waals surface area (Å²) in [4.78, 5) is 11.2. The van der Waals surface area contributed by atoms with Crippen LogP contribution in [0.15, 0.2) is 18.2 Å². The van der Waals surface area contributed by atoms with E-state index in [4.69, 9.17) is 10.5 Å². The predicted molar refractivity (Wildman–Crippen MR) is 62.8 cm³/mol. The normalized spacial score (nSPS) is 10.3. The summed E-state index contributed by atoms with van der Waals surface area (Å²) in [6.07, 6.45) is 0. The standard InChI is InChI=1S/C11H12N4O3/c1-18-8-3-2-6(4-7(8)5-16)9-10(11(12)17)14-15-13-9/h2-4,16H,5H2,1H3,(H2,12,17)(H,13,14,15). The van der Waals surface area contributed by atoms with Gasteiger partial charge in [-0.15, -0.1) is 0 Å². The van der Waals surface area contributed by atoms with E-state index >= 15 is 0 Å². The summed E-state index contributed by atoms with van der Waals surface area (Å²) in [6, 6.07) is 5.06. The molecule has 7 heteroatoms. The van der Waals surface area contributed by atoms with Gasteiger partial charge in [-0.25, -0.2) is 0 Å². The fourth-order valence-corrected chi connectivity index (χ4v) is 1.65. The molecule has 0 aliphatic rings. The lowest BCUT2D eigenvalue weighted by molar-refractivity contribution is 0.0996. The third kappa shape index (κ3) is 2.03. The van der Waals surface area contributed by atoms with Crippen molar-refractivity contribution in [1.82, 2.24) is 15.4 Å². The van der Waals surface area contributed by atoms with Crippen molar-refractivity contribution in [3.8, 4) is 17.0 Å². The van der Waals surface area contributed by atoms with Crippen LogP contribution in [0.3, 0.4) is 0 Å². The monoisotopic (exact) mass is 248 g/mol. The molecule has 0 aliphatic carbocycles. The van der Waals surface area contributed by atoms with Gasteiger partial charge in [0.05, 0.1) is 13.7 Å². The predicted octanol–water partition coefficient (Wildman–Crippen LogP) is 0.0715. The van der Waals surface area contributed by atoms with E-state index in [9.17, 15) is 9.90 Å². The Labute approximate surface area is 103 Å². The maximum absolute atomic E-state index is 11.2. The molecule has 0 aliphatic heterocycles. The lowest BCUT2D eigenvalue weighted by Gasteiger charge is -2.07. The van der Waals surface area contributed by atoms with Crippen molar-refractivity contribution in [3.63, 3.8) is 0 Å². The van der Waals surface area contributed by atoms with E-state index in [1.165, 1.54) is 7.11 Å².